The van der Waals surface area contributed by atoms with Crippen LogP contribution in [-0.2, 0) is 18.9 Å². The molecule has 0 bridgehead atoms. The Bertz CT molecular complexity index is 1170. The highest BCUT2D eigenvalue weighted by molar-refractivity contribution is 5.90. The van der Waals surface area contributed by atoms with E-state index in [1.54, 1.807) is 66.7 Å². The predicted molar refractivity (Wildman–Crippen MR) is 125 cm³/mol. The lowest BCUT2D eigenvalue weighted by atomic mass is 9.98. The summed E-state index contributed by atoms with van der Waals surface area (Å²) in [5.41, 5.74) is 0.655. The molecule has 5 atom stereocenters. The van der Waals surface area contributed by atoms with Gasteiger partial charge in [-0.2, -0.15) is 0 Å². The van der Waals surface area contributed by atoms with Crippen molar-refractivity contribution in [3.05, 3.63) is 108 Å². The Morgan fingerprint density at radius 3 is 1.53 bits per heavy atom. The van der Waals surface area contributed by atoms with Gasteiger partial charge in [-0.1, -0.05) is 54.6 Å². The van der Waals surface area contributed by atoms with Crippen LogP contribution in [0.2, 0.25) is 0 Å². The van der Waals surface area contributed by atoms with Crippen LogP contribution in [0.5, 0.6) is 0 Å². The normalized spacial score (nSPS) is 23.3. The van der Waals surface area contributed by atoms with Gasteiger partial charge in [-0.05, 0) is 36.4 Å². The molecule has 0 saturated carbocycles. The lowest BCUT2D eigenvalue weighted by Gasteiger charge is -2.41. The highest BCUT2D eigenvalue weighted by Gasteiger charge is 2.50. The SMILES string of the molecule is O=C(OC[C@@H]1O[C@H](O)[C@H](OC(=O)c2ccccc2)[C@@H](OC(=O)c2ccccc2)[C@@H]1O)c1ccccc1. The average Bonchev–Trinajstić information content (AvgIpc) is 2.92. The monoisotopic (exact) mass is 492 g/mol. The molecule has 186 valence electrons. The summed E-state index contributed by atoms with van der Waals surface area (Å²) in [5.74, 6) is -2.30. The first kappa shape index (κ1) is 25.1. The zero-order valence-electron chi connectivity index (χ0n) is 19.0. The number of carbonyl (C=O) groups excluding carboxylic acids is 3. The summed E-state index contributed by atoms with van der Waals surface area (Å²) in [6, 6.07) is 24.1. The number of hydrogen-bond acceptors (Lipinski definition) is 9. The Morgan fingerprint density at radius 2 is 1.06 bits per heavy atom. The third kappa shape index (κ3) is 5.95. The molecule has 1 heterocycles. The Kier molecular flexibility index (Phi) is 8.06. The molecule has 0 aromatic heterocycles. The van der Waals surface area contributed by atoms with Crippen molar-refractivity contribution in [1.82, 2.24) is 0 Å². The van der Waals surface area contributed by atoms with Crippen molar-refractivity contribution in [3.63, 3.8) is 0 Å². The molecule has 0 radical (unpaired) electrons. The Morgan fingerprint density at radius 1 is 0.639 bits per heavy atom. The van der Waals surface area contributed by atoms with E-state index in [4.69, 9.17) is 18.9 Å². The number of rotatable bonds is 7. The quantitative estimate of drug-likeness (QED) is 0.377. The van der Waals surface area contributed by atoms with Crippen molar-refractivity contribution in [2.24, 2.45) is 0 Å². The van der Waals surface area contributed by atoms with Gasteiger partial charge in [-0.25, -0.2) is 14.4 Å². The fourth-order valence-electron chi connectivity index (χ4n) is 3.65. The summed E-state index contributed by atoms with van der Waals surface area (Å²) >= 11 is 0. The molecule has 3 aromatic rings. The van der Waals surface area contributed by atoms with Gasteiger partial charge in [-0.3, -0.25) is 0 Å². The Balaban J connectivity index is 1.52. The summed E-state index contributed by atoms with van der Waals surface area (Å²) in [4.78, 5) is 37.7. The van der Waals surface area contributed by atoms with Gasteiger partial charge >= 0.3 is 17.9 Å². The molecule has 1 saturated heterocycles. The van der Waals surface area contributed by atoms with Gasteiger partial charge in [0, 0.05) is 0 Å². The second kappa shape index (κ2) is 11.6. The minimum absolute atomic E-state index is 0.186. The Hall–Kier alpha value is -4.05. The number of carbonyl (C=O) groups is 3. The predicted octanol–water partition coefficient (Wildman–Crippen LogP) is 2.37. The third-order valence-electron chi connectivity index (χ3n) is 5.53. The lowest BCUT2D eigenvalue weighted by Crippen LogP contribution is -2.61. The van der Waals surface area contributed by atoms with Gasteiger partial charge in [0.05, 0.1) is 16.7 Å². The van der Waals surface area contributed by atoms with Crippen LogP contribution >= 0.6 is 0 Å². The van der Waals surface area contributed by atoms with Gasteiger partial charge < -0.3 is 29.2 Å². The maximum Gasteiger partial charge on any atom is 0.338 e. The maximum absolute atomic E-state index is 12.7. The lowest BCUT2D eigenvalue weighted by molar-refractivity contribution is -0.284. The minimum atomic E-state index is -1.78. The van der Waals surface area contributed by atoms with E-state index in [0.717, 1.165) is 0 Å². The van der Waals surface area contributed by atoms with E-state index in [9.17, 15) is 24.6 Å². The second-order valence-corrected chi connectivity index (χ2v) is 7.99. The van der Waals surface area contributed by atoms with Crippen molar-refractivity contribution in [2.45, 2.75) is 30.7 Å². The molecular weight excluding hydrogens is 468 g/mol. The first-order chi connectivity index (χ1) is 17.4. The largest absolute Gasteiger partial charge is 0.459 e. The summed E-state index contributed by atoms with van der Waals surface area (Å²) < 4.78 is 21.5. The van der Waals surface area contributed by atoms with Crippen LogP contribution in [0.3, 0.4) is 0 Å². The highest BCUT2D eigenvalue weighted by atomic mass is 16.7. The van der Waals surface area contributed by atoms with E-state index in [1.807, 2.05) is 0 Å². The molecule has 9 heteroatoms. The molecule has 0 aliphatic carbocycles. The van der Waals surface area contributed by atoms with Crippen LogP contribution in [0.25, 0.3) is 0 Å². The van der Waals surface area contributed by atoms with Crippen LogP contribution in [0.15, 0.2) is 91.0 Å². The molecule has 0 amide bonds. The molecule has 3 aromatic carbocycles. The molecule has 1 aliphatic heterocycles. The summed E-state index contributed by atoms with van der Waals surface area (Å²) in [5, 5.41) is 21.6. The van der Waals surface area contributed by atoms with Crippen molar-refractivity contribution in [1.29, 1.82) is 0 Å². The zero-order chi connectivity index (χ0) is 25.5. The fourth-order valence-corrected chi connectivity index (χ4v) is 3.65. The molecular formula is C27H24O9. The molecule has 2 N–H and O–H groups in total. The summed E-state index contributed by atoms with van der Waals surface area (Å²) in [6.07, 6.45) is -7.72. The van der Waals surface area contributed by atoms with E-state index in [2.05, 4.69) is 0 Å². The first-order valence-electron chi connectivity index (χ1n) is 11.2. The molecule has 36 heavy (non-hydrogen) atoms. The van der Waals surface area contributed by atoms with Crippen LogP contribution in [0, 0.1) is 0 Å². The van der Waals surface area contributed by atoms with Gasteiger partial charge in [-0.15, -0.1) is 0 Å². The fraction of sp³-hybridized carbons (Fsp3) is 0.222. The number of benzene rings is 3. The van der Waals surface area contributed by atoms with Crippen molar-refractivity contribution in [2.75, 3.05) is 6.61 Å². The van der Waals surface area contributed by atoms with E-state index in [1.165, 1.54) is 24.3 Å². The average molecular weight is 492 g/mol. The molecule has 1 aliphatic rings. The highest BCUT2D eigenvalue weighted by Crippen LogP contribution is 2.27. The van der Waals surface area contributed by atoms with Crippen molar-refractivity contribution < 1.29 is 43.5 Å². The molecule has 0 spiro atoms. The molecule has 4 rings (SSSR count). The first-order valence-corrected chi connectivity index (χ1v) is 11.2. The molecule has 1 fully saturated rings. The van der Waals surface area contributed by atoms with Gasteiger partial charge in [0.25, 0.3) is 0 Å². The van der Waals surface area contributed by atoms with E-state index in [0.29, 0.717) is 0 Å². The van der Waals surface area contributed by atoms with Crippen molar-refractivity contribution in [3.8, 4) is 0 Å². The maximum atomic E-state index is 12.7. The smallest absolute Gasteiger partial charge is 0.338 e. The minimum Gasteiger partial charge on any atom is -0.459 e. The number of aliphatic hydroxyl groups excluding tert-OH is 2. The zero-order valence-corrected chi connectivity index (χ0v) is 19.0. The van der Waals surface area contributed by atoms with Crippen LogP contribution in [0.1, 0.15) is 31.1 Å². The number of esters is 3. The second-order valence-electron chi connectivity index (χ2n) is 7.99. The number of aliphatic hydroxyl groups is 2. The van der Waals surface area contributed by atoms with Crippen LogP contribution in [-0.4, -0.2) is 65.4 Å². The van der Waals surface area contributed by atoms with Crippen molar-refractivity contribution >= 4 is 17.9 Å². The van der Waals surface area contributed by atoms with E-state index >= 15 is 0 Å². The van der Waals surface area contributed by atoms with Gasteiger partial charge in [0.2, 0.25) is 0 Å². The third-order valence-corrected chi connectivity index (χ3v) is 5.53. The number of ether oxygens (including phenoxy) is 4. The molecule has 0 unspecified atom stereocenters. The number of hydrogen-bond donors (Lipinski definition) is 2. The Labute approximate surface area is 206 Å². The van der Waals surface area contributed by atoms with Gasteiger partial charge in [0.15, 0.2) is 18.5 Å². The van der Waals surface area contributed by atoms with Gasteiger partial charge in [0.1, 0.15) is 18.8 Å². The summed E-state index contributed by atoms with van der Waals surface area (Å²) in [7, 11) is 0. The standard InChI is InChI=1S/C27H24O9/c28-21-20(16-33-24(29)17-10-4-1-5-11-17)34-27(32)23(36-26(31)19-14-8-3-9-15-19)22(21)35-25(30)18-12-6-2-7-13-18/h1-15,20-23,27-28,32H,16H2/t20-,21+,22-,23+,27-/m0/s1. The van der Waals surface area contributed by atoms with E-state index in [-0.39, 0.29) is 16.7 Å². The summed E-state index contributed by atoms with van der Waals surface area (Å²) in [6.45, 7) is -0.454. The molecule has 9 nitrogen and oxygen atoms in total. The van der Waals surface area contributed by atoms with Crippen LogP contribution < -0.4 is 0 Å². The topological polar surface area (TPSA) is 129 Å². The van der Waals surface area contributed by atoms with E-state index < -0.39 is 55.2 Å². The van der Waals surface area contributed by atoms with Crippen LogP contribution in [0.4, 0.5) is 0 Å².